The lowest BCUT2D eigenvalue weighted by Crippen LogP contribution is -2.21. The molecule has 0 aromatic heterocycles. The maximum absolute atomic E-state index is 12.0. The predicted molar refractivity (Wildman–Crippen MR) is 91.2 cm³/mol. The van der Waals surface area contributed by atoms with Gasteiger partial charge in [-0.1, -0.05) is 40.9 Å². The van der Waals surface area contributed by atoms with Crippen molar-refractivity contribution in [1.29, 1.82) is 0 Å². The van der Waals surface area contributed by atoms with Crippen LogP contribution in [0.15, 0.2) is 30.3 Å². The summed E-state index contributed by atoms with van der Waals surface area (Å²) in [6, 6.07) is 8.94. The highest BCUT2D eigenvalue weighted by Gasteiger charge is 2.10. The fourth-order valence-corrected chi connectivity index (χ4v) is 2.65. The van der Waals surface area contributed by atoms with Gasteiger partial charge in [0.25, 0.3) is 5.91 Å². The van der Waals surface area contributed by atoms with Gasteiger partial charge in [0.05, 0.1) is 10.7 Å². The van der Waals surface area contributed by atoms with Gasteiger partial charge in [-0.3, -0.25) is 4.79 Å². The van der Waals surface area contributed by atoms with Crippen molar-refractivity contribution in [2.45, 2.75) is 20.8 Å². The van der Waals surface area contributed by atoms with Crippen LogP contribution < -0.4 is 10.1 Å². The van der Waals surface area contributed by atoms with E-state index in [1.54, 1.807) is 18.2 Å². The molecule has 0 aliphatic rings. The highest BCUT2D eigenvalue weighted by Crippen LogP contribution is 2.26. The molecule has 2 aromatic rings. The molecular weight excluding hydrogens is 321 g/mol. The molecule has 0 aliphatic carbocycles. The van der Waals surface area contributed by atoms with Gasteiger partial charge in [0.15, 0.2) is 6.61 Å². The summed E-state index contributed by atoms with van der Waals surface area (Å²) in [6.45, 7) is 5.85. The summed E-state index contributed by atoms with van der Waals surface area (Å²) in [7, 11) is 0. The van der Waals surface area contributed by atoms with Crippen molar-refractivity contribution in [2.24, 2.45) is 0 Å². The standard InChI is InChI=1S/C17H17Cl2NO2/c1-10-6-11(2)17(12(3)7-10)22-9-16(21)20-15-8-13(18)4-5-14(15)19/h4-8H,9H2,1-3H3,(H,20,21). The van der Waals surface area contributed by atoms with E-state index in [0.717, 1.165) is 22.4 Å². The van der Waals surface area contributed by atoms with E-state index < -0.39 is 0 Å². The van der Waals surface area contributed by atoms with E-state index in [4.69, 9.17) is 27.9 Å². The average Bonchev–Trinajstić information content (AvgIpc) is 2.41. The van der Waals surface area contributed by atoms with Gasteiger partial charge in [0, 0.05) is 5.02 Å². The molecule has 0 saturated carbocycles. The highest BCUT2D eigenvalue weighted by atomic mass is 35.5. The molecule has 22 heavy (non-hydrogen) atoms. The first-order chi connectivity index (χ1) is 10.4. The molecule has 5 heteroatoms. The second kappa shape index (κ2) is 7.03. The summed E-state index contributed by atoms with van der Waals surface area (Å²) in [5, 5.41) is 3.63. The number of aryl methyl sites for hydroxylation is 3. The van der Waals surface area contributed by atoms with Gasteiger partial charge in [-0.05, 0) is 50.1 Å². The smallest absolute Gasteiger partial charge is 0.262 e. The van der Waals surface area contributed by atoms with Crippen molar-refractivity contribution >= 4 is 34.8 Å². The fourth-order valence-electron chi connectivity index (χ4n) is 2.31. The molecule has 0 saturated heterocycles. The number of anilines is 1. The molecule has 2 rings (SSSR count). The quantitative estimate of drug-likeness (QED) is 0.858. The van der Waals surface area contributed by atoms with Crippen LogP contribution in [0, 0.1) is 20.8 Å². The molecule has 0 heterocycles. The third-order valence-corrected chi connectivity index (χ3v) is 3.72. The Balaban J connectivity index is 2.03. The SMILES string of the molecule is Cc1cc(C)c(OCC(=O)Nc2cc(Cl)ccc2Cl)c(C)c1. The van der Waals surface area contributed by atoms with Crippen LogP contribution in [0.4, 0.5) is 5.69 Å². The Morgan fingerprint density at radius 2 is 1.73 bits per heavy atom. The van der Waals surface area contributed by atoms with E-state index in [9.17, 15) is 4.79 Å². The topological polar surface area (TPSA) is 38.3 Å². The molecule has 1 N–H and O–H groups in total. The number of amides is 1. The number of nitrogens with one attached hydrogen (secondary N) is 1. The lowest BCUT2D eigenvalue weighted by molar-refractivity contribution is -0.118. The summed E-state index contributed by atoms with van der Waals surface area (Å²) < 4.78 is 5.64. The minimum atomic E-state index is -0.288. The monoisotopic (exact) mass is 337 g/mol. The summed E-state index contributed by atoms with van der Waals surface area (Å²) in [6.07, 6.45) is 0. The zero-order valence-electron chi connectivity index (χ0n) is 12.7. The van der Waals surface area contributed by atoms with Gasteiger partial charge >= 0.3 is 0 Å². The van der Waals surface area contributed by atoms with Crippen LogP contribution in [0.3, 0.4) is 0 Å². The van der Waals surface area contributed by atoms with Gasteiger partial charge in [-0.2, -0.15) is 0 Å². The number of rotatable bonds is 4. The number of carbonyl (C=O) groups is 1. The molecule has 0 fully saturated rings. The summed E-state index contributed by atoms with van der Waals surface area (Å²) in [4.78, 5) is 12.0. The van der Waals surface area contributed by atoms with E-state index in [1.165, 1.54) is 0 Å². The Kier molecular flexibility index (Phi) is 5.33. The molecule has 0 atom stereocenters. The third-order valence-electron chi connectivity index (χ3n) is 3.15. The molecule has 3 nitrogen and oxygen atoms in total. The van der Waals surface area contributed by atoms with Crippen molar-refractivity contribution in [3.05, 3.63) is 57.1 Å². The molecule has 0 aliphatic heterocycles. The first kappa shape index (κ1) is 16.7. The Labute approximate surface area is 140 Å². The molecule has 1 amide bonds. The Hall–Kier alpha value is -1.71. The highest BCUT2D eigenvalue weighted by molar-refractivity contribution is 6.35. The number of ether oxygens (including phenoxy) is 1. The summed E-state index contributed by atoms with van der Waals surface area (Å²) in [5.41, 5.74) is 3.65. The van der Waals surface area contributed by atoms with Crippen molar-refractivity contribution in [3.63, 3.8) is 0 Å². The van der Waals surface area contributed by atoms with Crippen LogP contribution in [-0.4, -0.2) is 12.5 Å². The fraction of sp³-hybridized carbons (Fsp3) is 0.235. The van der Waals surface area contributed by atoms with Gasteiger partial charge in [0.2, 0.25) is 0 Å². The zero-order chi connectivity index (χ0) is 16.3. The summed E-state index contributed by atoms with van der Waals surface area (Å²) in [5.74, 6) is 0.446. The molecular formula is C17H17Cl2NO2. The van der Waals surface area contributed by atoms with E-state index in [0.29, 0.717) is 15.7 Å². The predicted octanol–water partition coefficient (Wildman–Crippen LogP) is 4.94. The van der Waals surface area contributed by atoms with E-state index in [-0.39, 0.29) is 12.5 Å². The molecule has 0 unspecified atom stereocenters. The molecule has 0 bridgehead atoms. The third kappa shape index (κ3) is 4.15. The Morgan fingerprint density at radius 3 is 2.36 bits per heavy atom. The second-order valence-corrected chi connectivity index (χ2v) is 6.03. The molecule has 0 radical (unpaired) electrons. The van der Waals surface area contributed by atoms with Crippen LogP contribution in [0.25, 0.3) is 0 Å². The van der Waals surface area contributed by atoms with Gasteiger partial charge in [0.1, 0.15) is 5.75 Å². The molecule has 116 valence electrons. The Bertz CT molecular complexity index is 691. The van der Waals surface area contributed by atoms with Crippen molar-refractivity contribution in [1.82, 2.24) is 0 Å². The number of hydrogen-bond acceptors (Lipinski definition) is 2. The molecule has 2 aromatic carbocycles. The largest absolute Gasteiger partial charge is 0.483 e. The summed E-state index contributed by atoms with van der Waals surface area (Å²) >= 11 is 11.9. The average molecular weight is 338 g/mol. The maximum atomic E-state index is 12.0. The van der Waals surface area contributed by atoms with Gasteiger partial charge < -0.3 is 10.1 Å². The normalized spacial score (nSPS) is 10.4. The van der Waals surface area contributed by atoms with Crippen molar-refractivity contribution < 1.29 is 9.53 Å². The lowest BCUT2D eigenvalue weighted by atomic mass is 10.1. The zero-order valence-corrected chi connectivity index (χ0v) is 14.2. The molecule has 0 spiro atoms. The lowest BCUT2D eigenvalue weighted by Gasteiger charge is -2.13. The van der Waals surface area contributed by atoms with E-state index >= 15 is 0 Å². The maximum Gasteiger partial charge on any atom is 0.262 e. The van der Waals surface area contributed by atoms with Crippen molar-refractivity contribution in [2.75, 3.05) is 11.9 Å². The van der Waals surface area contributed by atoms with E-state index in [2.05, 4.69) is 5.32 Å². The van der Waals surface area contributed by atoms with Gasteiger partial charge in [-0.15, -0.1) is 0 Å². The van der Waals surface area contributed by atoms with Gasteiger partial charge in [-0.25, -0.2) is 0 Å². The van der Waals surface area contributed by atoms with Crippen LogP contribution >= 0.6 is 23.2 Å². The number of benzene rings is 2. The van der Waals surface area contributed by atoms with Crippen LogP contribution in [0.2, 0.25) is 10.0 Å². The van der Waals surface area contributed by atoms with Crippen LogP contribution in [0.1, 0.15) is 16.7 Å². The Morgan fingerprint density at radius 1 is 1.09 bits per heavy atom. The first-order valence-corrected chi connectivity index (χ1v) is 7.58. The first-order valence-electron chi connectivity index (χ1n) is 6.82. The minimum Gasteiger partial charge on any atom is -0.483 e. The van der Waals surface area contributed by atoms with Crippen LogP contribution in [-0.2, 0) is 4.79 Å². The number of carbonyl (C=O) groups excluding carboxylic acids is 1. The van der Waals surface area contributed by atoms with E-state index in [1.807, 2.05) is 32.9 Å². The number of halogens is 2. The second-order valence-electron chi connectivity index (χ2n) is 5.19. The number of hydrogen-bond donors (Lipinski definition) is 1. The van der Waals surface area contributed by atoms with Crippen LogP contribution in [0.5, 0.6) is 5.75 Å². The minimum absolute atomic E-state index is 0.0897. The van der Waals surface area contributed by atoms with Crippen molar-refractivity contribution in [3.8, 4) is 5.75 Å².